The first kappa shape index (κ1) is 12.9. The fourth-order valence-electron chi connectivity index (χ4n) is 3.27. The Morgan fingerprint density at radius 1 is 1.29 bits per heavy atom. The minimum atomic E-state index is 0.215. The summed E-state index contributed by atoms with van der Waals surface area (Å²) < 4.78 is 0. The van der Waals surface area contributed by atoms with Crippen molar-refractivity contribution in [3.63, 3.8) is 0 Å². The van der Waals surface area contributed by atoms with E-state index in [1.807, 2.05) is 0 Å². The molecule has 17 heavy (non-hydrogen) atoms. The first-order chi connectivity index (χ1) is 8.31. The van der Waals surface area contributed by atoms with Gasteiger partial charge in [0.25, 0.3) is 0 Å². The van der Waals surface area contributed by atoms with Crippen molar-refractivity contribution in [2.75, 3.05) is 13.1 Å². The van der Waals surface area contributed by atoms with E-state index in [0.717, 1.165) is 31.8 Å². The summed E-state index contributed by atoms with van der Waals surface area (Å²) in [5.74, 6) is 1.23. The molecule has 0 aromatic heterocycles. The second-order valence-electron chi connectivity index (χ2n) is 5.61. The Morgan fingerprint density at radius 3 is 2.65 bits per heavy atom. The third-order valence-electron chi connectivity index (χ3n) is 4.42. The Balaban J connectivity index is 1.82. The molecule has 0 aromatic rings. The summed E-state index contributed by atoms with van der Waals surface area (Å²) in [4.78, 5) is 12.1. The maximum atomic E-state index is 12.1. The molecule has 2 fully saturated rings. The van der Waals surface area contributed by atoms with Crippen LogP contribution in [0.5, 0.6) is 0 Å². The lowest BCUT2D eigenvalue weighted by Gasteiger charge is -2.31. The number of hydrogen-bond donors (Lipinski definition) is 2. The highest BCUT2D eigenvalue weighted by Crippen LogP contribution is 2.28. The van der Waals surface area contributed by atoms with Crippen molar-refractivity contribution < 1.29 is 4.79 Å². The van der Waals surface area contributed by atoms with Crippen LogP contribution in [0.25, 0.3) is 0 Å². The van der Waals surface area contributed by atoms with Crippen LogP contribution in [-0.4, -0.2) is 25.0 Å². The zero-order valence-corrected chi connectivity index (χ0v) is 11.0. The van der Waals surface area contributed by atoms with Crippen LogP contribution in [0.3, 0.4) is 0 Å². The predicted octanol–water partition coefficient (Wildman–Crippen LogP) is 2.07. The van der Waals surface area contributed by atoms with E-state index in [1.165, 1.54) is 32.1 Å². The molecule has 1 heterocycles. The quantitative estimate of drug-likeness (QED) is 0.787. The van der Waals surface area contributed by atoms with Crippen LogP contribution < -0.4 is 10.6 Å². The van der Waals surface area contributed by atoms with Gasteiger partial charge in [0.1, 0.15) is 0 Å². The number of hydrogen-bond acceptors (Lipinski definition) is 2. The molecular weight excluding hydrogens is 212 g/mol. The van der Waals surface area contributed by atoms with Gasteiger partial charge >= 0.3 is 0 Å². The highest BCUT2D eigenvalue weighted by atomic mass is 16.2. The molecule has 1 saturated carbocycles. The van der Waals surface area contributed by atoms with Crippen LogP contribution in [0.15, 0.2) is 0 Å². The van der Waals surface area contributed by atoms with Crippen LogP contribution >= 0.6 is 0 Å². The molecule has 2 rings (SSSR count). The van der Waals surface area contributed by atoms with E-state index in [2.05, 4.69) is 17.6 Å². The minimum Gasteiger partial charge on any atom is -0.353 e. The van der Waals surface area contributed by atoms with E-state index in [1.54, 1.807) is 0 Å². The molecule has 2 N–H and O–H groups in total. The molecule has 98 valence electrons. The van der Waals surface area contributed by atoms with Gasteiger partial charge in [-0.2, -0.15) is 0 Å². The summed E-state index contributed by atoms with van der Waals surface area (Å²) in [6, 6.07) is 0.420. The highest BCUT2D eigenvalue weighted by Gasteiger charge is 2.28. The van der Waals surface area contributed by atoms with Gasteiger partial charge in [-0.25, -0.2) is 0 Å². The summed E-state index contributed by atoms with van der Waals surface area (Å²) in [7, 11) is 0. The van der Waals surface area contributed by atoms with Crippen LogP contribution in [0, 0.1) is 11.8 Å². The van der Waals surface area contributed by atoms with Gasteiger partial charge < -0.3 is 10.6 Å². The maximum Gasteiger partial charge on any atom is 0.224 e. The molecule has 2 aliphatic rings. The number of carbonyl (C=O) groups excluding carboxylic acids is 1. The van der Waals surface area contributed by atoms with Gasteiger partial charge in [-0.1, -0.05) is 26.2 Å². The van der Waals surface area contributed by atoms with Gasteiger partial charge in [0.05, 0.1) is 5.92 Å². The lowest BCUT2D eigenvalue weighted by atomic mass is 9.82. The van der Waals surface area contributed by atoms with Crippen molar-refractivity contribution >= 4 is 5.91 Å². The van der Waals surface area contributed by atoms with Crippen molar-refractivity contribution in [2.24, 2.45) is 11.8 Å². The standard InChI is InChI=1S/C14H26N2O/c1-2-13(11-6-4-3-5-7-11)16-14(17)12-8-9-15-10-12/h11-13,15H,2-10H2,1H3,(H,16,17). The molecule has 3 nitrogen and oxygen atoms in total. The largest absolute Gasteiger partial charge is 0.353 e. The number of carbonyl (C=O) groups is 1. The summed E-state index contributed by atoms with van der Waals surface area (Å²) in [6.07, 6.45) is 8.78. The smallest absolute Gasteiger partial charge is 0.224 e. The first-order valence-electron chi connectivity index (χ1n) is 7.32. The Labute approximate surface area is 105 Å². The van der Waals surface area contributed by atoms with E-state index in [-0.39, 0.29) is 11.8 Å². The molecule has 0 aromatic carbocycles. The third kappa shape index (κ3) is 3.44. The molecule has 0 bridgehead atoms. The molecule has 3 heteroatoms. The SMILES string of the molecule is CCC(NC(=O)C1CCNC1)C1CCCCC1. The fourth-order valence-corrected chi connectivity index (χ4v) is 3.27. The number of nitrogens with one attached hydrogen (secondary N) is 2. The molecular formula is C14H26N2O. The van der Waals surface area contributed by atoms with E-state index in [0.29, 0.717) is 6.04 Å². The van der Waals surface area contributed by atoms with Gasteiger partial charge in [0.2, 0.25) is 5.91 Å². The summed E-state index contributed by atoms with van der Waals surface area (Å²) in [5, 5.41) is 6.56. The molecule has 2 atom stereocenters. The van der Waals surface area contributed by atoms with Crippen molar-refractivity contribution in [2.45, 2.75) is 57.9 Å². The van der Waals surface area contributed by atoms with Crippen LogP contribution in [0.4, 0.5) is 0 Å². The lowest BCUT2D eigenvalue weighted by Crippen LogP contribution is -2.43. The minimum absolute atomic E-state index is 0.215. The van der Waals surface area contributed by atoms with Crippen molar-refractivity contribution in [3.05, 3.63) is 0 Å². The third-order valence-corrected chi connectivity index (χ3v) is 4.42. The lowest BCUT2D eigenvalue weighted by molar-refractivity contribution is -0.125. The van der Waals surface area contributed by atoms with Gasteiger partial charge in [-0.05, 0) is 38.1 Å². The number of amides is 1. The summed E-state index contributed by atoms with van der Waals surface area (Å²) in [6.45, 7) is 4.07. The topological polar surface area (TPSA) is 41.1 Å². The van der Waals surface area contributed by atoms with E-state index >= 15 is 0 Å². The molecule has 0 spiro atoms. The normalized spacial score (nSPS) is 27.9. The second kappa shape index (κ2) is 6.39. The highest BCUT2D eigenvalue weighted by molar-refractivity contribution is 5.79. The van der Waals surface area contributed by atoms with Crippen LogP contribution in [0.2, 0.25) is 0 Å². The van der Waals surface area contributed by atoms with Gasteiger partial charge in [-0.15, -0.1) is 0 Å². The fraction of sp³-hybridized carbons (Fsp3) is 0.929. The average molecular weight is 238 g/mol. The second-order valence-corrected chi connectivity index (χ2v) is 5.61. The van der Waals surface area contributed by atoms with Gasteiger partial charge in [0.15, 0.2) is 0 Å². The summed E-state index contributed by atoms with van der Waals surface area (Å²) in [5.41, 5.74) is 0. The predicted molar refractivity (Wildman–Crippen MR) is 69.8 cm³/mol. The monoisotopic (exact) mass is 238 g/mol. The van der Waals surface area contributed by atoms with E-state index in [9.17, 15) is 4.79 Å². The summed E-state index contributed by atoms with van der Waals surface area (Å²) >= 11 is 0. The Hall–Kier alpha value is -0.570. The molecule has 1 saturated heterocycles. The van der Waals surface area contributed by atoms with Gasteiger partial charge in [-0.3, -0.25) is 4.79 Å². The van der Waals surface area contributed by atoms with E-state index < -0.39 is 0 Å². The molecule has 1 aliphatic heterocycles. The van der Waals surface area contributed by atoms with Crippen molar-refractivity contribution in [1.82, 2.24) is 10.6 Å². The Morgan fingerprint density at radius 2 is 2.06 bits per heavy atom. The van der Waals surface area contributed by atoms with Crippen LogP contribution in [0.1, 0.15) is 51.9 Å². The van der Waals surface area contributed by atoms with Crippen molar-refractivity contribution in [1.29, 1.82) is 0 Å². The zero-order valence-electron chi connectivity index (χ0n) is 11.0. The molecule has 0 radical (unpaired) electrons. The maximum absolute atomic E-state index is 12.1. The van der Waals surface area contributed by atoms with Gasteiger partial charge in [0, 0.05) is 12.6 Å². The Bertz CT molecular complexity index is 243. The van der Waals surface area contributed by atoms with E-state index in [4.69, 9.17) is 0 Å². The zero-order chi connectivity index (χ0) is 12.1. The Kier molecular flexibility index (Phi) is 4.84. The van der Waals surface area contributed by atoms with Crippen LogP contribution in [-0.2, 0) is 4.79 Å². The number of rotatable bonds is 4. The first-order valence-corrected chi connectivity index (χ1v) is 7.32. The molecule has 1 aliphatic carbocycles. The molecule has 1 amide bonds. The van der Waals surface area contributed by atoms with Crippen molar-refractivity contribution in [3.8, 4) is 0 Å². The average Bonchev–Trinajstić information content (AvgIpc) is 2.90. The molecule has 2 unspecified atom stereocenters.